The van der Waals surface area contributed by atoms with E-state index in [1.807, 2.05) is 18.7 Å². The molecule has 1 heterocycles. The van der Waals surface area contributed by atoms with Crippen LogP contribution in [0.1, 0.15) is 24.2 Å². The molecule has 0 saturated carbocycles. The largest absolute Gasteiger partial charge is 0.465 e. The summed E-state index contributed by atoms with van der Waals surface area (Å²) in [6.07, 6.45) is 0. The number of piperazine rings is 1. The summed E-state index contributed by atoms with van der Waals surface area (Å²) in [6.45, 7) is 5.38. The third kappa shape index (κ3) is 5.38. The van der Waals surface area contributed by atoms with Crippen LogP contribution in [0.15, 0.2) is 12.1 Å². The van der Waals surface area contributed by atoms with Gasteiger partial charge in [-0.1, -0.05) is 0 Å². The molecule has 0 atom stereocenters. The number of benzene rings is 1. The van der Waals surface area contributed by atoms with Gasteiger partial charge in [-0.2, -0.15) is 0 Å². The number of carbonyl (C=O) groups is 2. The van der Waals surface area contributed by atoms with Gasteiger partial charge in [0.25, 0.3) is 11.4 Å². The zero-order chi connectivity index (χ0) is 21.7. The molecule has 0 spiro atoms. The van der Waals surface area contributed by atoms with Gasteiger partial charge in [0.15, 0.2) is 0 Å². The molecule has 1 aromatic carbocycles. The zero-order valence-electron chi connectivity index (χ0n) is 16.4. The lowest BCUT2D eigenvalue weighted by atomic mass is 10.1. The van der Waals surface area contributed by atoms with Crippen molar-refractivity contribution in [2.24, 2.45) is 0 Å². The Morgan fingerprint density at radius 3 is 2.24 bits per heavy atom. The van der Waals surface area contributed by atoms with Gasteiger partial charge < -0.3 is 15.0 Å². The summed E-state index contributed by atoms with van der Waals surface area (Å²) in [5.74, 6) is -1.02. The number of hydrogen-bond donors (Lipinski definition) is 1. The van der Waals surface area contributed by atoms with Gasteiger partial charge in [-0.25, -0.2) is 4.79 Å². The Hall–Kier alpha value is -3.28. The molecule has 0 aliphatic carbocycles. The monoisotopic (exact) mass is 409 g/mol. The third-order valence-electron chi connectivity index (χ3n) is 4.39. The Balaban J connectivity index is 2.30. The fourth-order valence-corrected chi connectivity index (χ4v) is 3.15. The minimum Gasteiger partial charge on any atom is -0.465 e. The maximum atomic E-state index is 12.2. The average molecular weight is 409 g/mol. The summed E-state index contributed by atoms with van der Waals surface area (Å²) in [4.78, 5) is 48.7. The van der Waals surface area contributed by atoms with Crippen LogP contribution in [0.2, 0.25) is 0 Å². The summed E-state index contributed by atoms with van der Waals surface area (Å²) in [5.41, 5.74) is -1.35. The summed E-state index contributed by atoms with van der Waals surface area (Å²) < 4.78 is 4.67. The molecule has 0 radical (unpaired) electrons. The molecule has 0 unspecified atom stereocenters. The topological polar surface area (TPSA) is 148 Å². The normalized spacial score (nSPS) is 14.6. The van der Waals surface area contributed by atoms with Crippen LogP contribution in [0.3, 0.4) is 0 Å². The second kappa shape index (κ2) is 9.28. The molecule has 1 saturated heterocycles. The first-order valence-electron chi connectivity index (χ1n) is 8.95. The molecule has 1 amide bonds. The van der Waals surface area contributed by atoms with Crippen LogP contribution in [-0.2, 0) is 9.53 Å². The highest BCUT2D eigenvalue weighted by Crippen LogP contribution is 2.37. The number of methoxy groups -OCH3 is 1. The van der Waals surface area contributed by atoms with E-state index in [2.05, 4.69) is 10.1 Å². The van der Waals surface area contributed by atoms with Crippen LogP contribution in [0.25, 0.3) is 0 Å². The highest BCUT2D eigenvalue weighted by atomic mass is 16.6. The highest BCUT2D eigenvalue weighted by Gasteiger charge is 2.33. The maximum absolute atomic E-state index is 12.2. The first kappa shape index (κ1) is 22.0. The Morgan fingerprint density at radius 1 is 1.14 bits per heavy atom. The van der Waals surface area contributed by atoms with Crippen molar-refractivity contribution in [3.05, 3.63) is 37.9 Å². The Labute approximate surface area is 166 Å². The van der Waals surface area contributed by atoms with Gasteiger partial charge in [0.2, 0.25) is 5.91 Å². The van der Waals surface area contributed by atoms with E-state index in [0.29, 0.717) is 26.2 Å². The van der Waals surface area contributed by atoms with Gasteiger partial charge >= 0.3 is 5.97 Å². The predicted molar refractivity (Wildman–Crippen MR) is 103 cm³/mol. The summed E-state index contributed by atoms with van der Waals surface area (Å²) >= 11 is 0. The first-order valence-corrected chi connectivity index (χ1v) is 8.95. The molecular formula is C17H23N5O7. The number of non-ortho nitro benzene ring substituents is 1. The van der Waals surface area contributed by atoms with Crippen molar-refractivity contribution in [3.8, 4) is 0 Å². The zero-order valence-corrected chi connectivity index (χ0v) is 16.4. The van der Waals surface area contributed by atoms with Crippen molar-refractivity contribution in [1.29, 1.82) is 0 Å². The summed E-state index contributed by atoms with van der Waals surface area (Å²) in [5, 5.41) is 25.5. The van der Waals surface area contributed by atoms with Crippen molar-refractivity contribution >= 4 is 28.9 Å². The number of anilines is 1. The number of nitro benzene ring substituents is 2. The molecule has 1 N–H and O–H groups in total. The lowest BCUT2D eigenvalue weighted by Crippen LogP contribution is -2.50. The molecule has 1 aliphatic heterocycles. The average Bonchev–Trinajstić information content (AvgIpc) is 2.66. The molecular weight excluding hydrogens is 386 g/mol. The van der Waals surface area contributed by atoms with Crippen LogP contribution in [0.4, 0.5) is 17.1 Å². The van der Waals surface area contributed by atoms with E-state index in [1.54, 1.807) is 4.90 Å². The van der Waals surface area contributed by atoms with E-state index in [9.17, 15) is 29.8 Å². The number of hydrogen-bond acceptors (Lipinski definition) is 9. The lowest BCUT2D eigenvalue weighted by Gasteiger charge is -2.36. The Morgan fingerprint density at radius 2 is 1.76 bits per heavy atom. The fourth-order valence-electron chi connectivity index (χ4n) is 3.15. The van der Waals surface area contributed by atoms with E-state index in [0.717, 1.165) is 19.2 Å². The van der Waals surface area contributed by atoms with Gasteiger partial charge in [0.05, 0.1) is 35.1 Å². The standard InChI is InChI=1S/C17H23N5O7/c1-11(2)18-15(23)10-19-4-6-20(7-5-19)16-13(17(24)29-3)8-12(21(25)26)9-14(16)22(27)28/h8-9,11H,4-7,10H2,1-3H3,(H,18,23). The van der Waals surface area contributed by atoms with Crippen LogP contribution in [0.5, 0.6) is 0 Å². The Bertz CT molecular complexity index is 819. The van der Waals surface area contributed by atoms with E-state index in [1.165, 1.54) is 0 Å². The summed E-state index contributed by atoms with van der Waals surface area (Å²) in [6, 6.07) is 1.84. The maximum Gasteiger partial charge on any atom is 0.340 e. The predicted octanol–water partition coefficient (Wildman–Crippen LogP) is 0.936. The van der Waals surface area contributed by atoms with Crippen molar-refractivity contribution in [2.75, 3.05) is 44.7 Å². The number of ether oxygens (including phenoxy) is 1. The molecule has 1 aromatic rings. The fraction of sp³-hybridized carbons (Fsp3) is 0.529. The van der Waals surface area contributed by atoms with Crippen LogP contribution in [-0.4, -0.2) is 72.5 Å². The number of nitrogens with zero attached hydrogens (tertiary/aromatic N) is 4. The van der Waals surface area contributed by atoms with Gasteiger partial charge in [-0.3, -0.25) is 29.9 Å². The van der Waals surface area contributed by atoms with Crippen molar-refractivity contribution in [1.82, 2.24) is 10.2 Å². The molecule has 0 bridgehead atoms. The minimum absolute atomic E-state index is 0.0151. The van der Waals surface area contributed by atoms with Crippen molar-refractivity contribution in [2.45, 2.75) is 19.9 Å². The molecule has 0 aromatic heterocycles. The van der Waals surface area contributed by atoms with Crippen molar-refractivity contribution < 1.29 is 24.2 Å². The SMILES string of the molecule is COC(=O)c1cc([N+](=O)[O-])cc([N+](=O)[O-])c1N1CCN(CC(=O)NC(C)C)CC1. The van der Waals surface area contributed by atoms with Crippen LogP contribution < -0.4 is 10.2 Å². The second-order valence-electron chi connectivity index (χ2n) is 6.85. The van der Waals surface area contributed by atoms with E-state index in [4.69, 9.17) is 0 Å². The molecule has 12 heteroatoms. The third-order valence-corrected chi connectivity index (χ3v) is 4.39. The number of carbonyl (C=O) groups excluding carboxylic acids is 2. The molecule has 12 nitrogen and oxygen atoms in total. The van der Waals surface area contributed by atoms with Crippen LogP contribution >= 0.6 is 0 Å². The number of nitro groups is 2. The Kier molecular flexibility index (Phi) is 7.04. The second-order valence-corrected chi connectivity index (χ2v) is 6.85. The molecule has 1 aliphatic rings. The molecule has 1 fully saturated rings. The quantitative estimate of drug-likeness (QED) is 0.394. The van der Waals surface area contributed by atoms with E-state index < -0.39 is 27.2 Å². The van der Waals surface area contributed by atoms with Crippen molar-refractivity contribution in [3.63, 3.8) is 0 Å². The highest BCUT2D eigenvalue weighted by molar-refractivity contribution is 5.99. The number of amides is 1. The van der Waals surface area contributed by atoms with Gasteiger partial charge in [-0.05, 0) is 13.8 Å². The van der Waals surface area contributed by atoms with E-state index >= 15 is 0 Å². The number of nitrogens with one attached hydrogen (secondary N) is 1. The number of esters is 1. The minimum atomic E-state index is -0.898. The first-order chi connectivity index (χ1) is 13.6. The number of rotatable bonds is 7. The van der Waals surface area contributed by atoms with Crippen LogP contribution in [0, 0.1) is 20.2 Å². The van der Waals surface area contributed by atoms with E-state index in [-0.39, 0.29) is 29.7 Å². The molecule has 2 rings (SSSR count). The van der Waals surface area contributed by atoms with Gasteiger partial charge in [0.1, 0.15) is 5.69 Å². The molecule has 29 heavy (non-hydrogen) atoms. The van der Waals surface area contributed by atoms with Gasteiger partial charge in [0, 0.05) is 38.3 Å². The smallest absolute Gasteiger partial charge is 0.340 e. The molecule has 158 valence electrons. The lowest BCUT2D eigenvalue weighted by molar-refractivity contribution is -0.393. The summed E-state index contributed by atoms with van der Waals surface area (Å²) in [7, 11) is 1.10. The van der Waals surface area contributed by atoms with Gasteiger partial charge in [-0.15, -0.1) is 0 Å².